The minimum Gasteiger partial charge on any atom is -0.493 e. The van der Waals surface area contributed by atoms with Crippen LogP contribution in [-0.2, 0) is 9.53 Å². The lowest BCUT2D eigenvalue weighted by Gasteiger charge is -2.28. The second kappa shape index (κ2) is 13.9. The van der Waals surface area contributed by atoms with Crippen molar-refractivity contribution in [1.82, 2.24) is 16.1 Å². The van der Waals surface area contributed by atoms with E-state index in [0.717, 1.165) is 0 Å². The highest BCUT2D eigenvalue weighted by molar-refractivity contribution is 5.95. The Hall–Kier alpha value is -4.65. The summed E-state index contributed by atoms with van der Waals surface area (Å²) in [5.41, 5.74) is 4.47. The maximum Gasteiger partial charge on any atom is 0.337 e. The first kappa shape index (κ1) is 29.9. The maximum absolute atomic E-state index is 12.4. The number of urea groups is 1. The molecular weight excluding hydrogens is 524 g/mol. The molecule has 0 bridgehead atoms. The van der Waals surface area contributed by atoms with Gasteiger partial charge in [-0.05, 0) is 43.7 Å². The number of amides is 2. The summed E-state index contributed by atoms with van der Waals surface area (Å²) < 4.78 is 32.4. The van der Waals surface area contributed by atoms with E-state index < -0.39 is 24.3 Å². The Morgan fingerprint density at radius 1 is 1.05 bits per heavy atom. The molecule has 1 aliphatic rings. The smallest absolute Gasteiger partial charge is 0.337 e. The van der Waals surface area contributed by atoms with Crippen LogP contribution >= 0.6 is 0 Å². The number of rotatable bonds is 13. The van der Waals surface area contributed by atoms with Crippen LogP contribution in [-0.4, -0.2) is 71.2 Å². The highest BCUT2D eigenvalue weighted by Gasteiger charge is 2.32. The first-order valence-corrected chi connectivity index (χ1v) is 12.3. The van der Waals surface area contributed by atoms with Gasteiger partial charge in [-0.25, -0.2) is 9.59 Å². The maximum atomic E-state index is 12.4. The number of nitrogens with zero attached hydrogens (tertiary/aromatic N) is 1. The summed E-state index contributed by atoms with van der Waals surface area (Å²) in [5.74, 6) is 1.52. The molecule has 0 aliphatic carbocycles. The molecule has 0 saturated carbocycles. The minimum atomic E-state index is -1.16. The average Bonchev–Trinajstić information content (AvgIpc) is 2.95. The molecule has 1 heterocycles. The third-order valence-electron chi connectivity index (χ3n) is 5.80. The lowest BCUT2D eigenvalue weighted by Crippen LogP contribution is -2.45. The Bertz CT molecular complexity index is 1250. The summed E-state index contributed by atoms with van der Waals surface area (Å²) in [4.78, 5) is 24.5. The third kappa shape index (κ3) is 7.05. The van der Waals surface area contributed by atoms with Gasteiger partial charge >= 0.3 is 12.0 Å². The van der Waals surface area contributed by atoms with Crippen molar-refractivity contribution >= 4 is 18.2 Å². The SMILES string of the molecule is CCOc1cc([C@H]2NC(=O)NC(C)=C2C(=O)OC)ccc1OC[C@H](O)N/N=C\c1cc(OC)c(OC)c(OC)c1. The number of hydrogen-bond acceptors (Lipinski definition) is 11. The lowest BCUT2D eigenvalue weighted by atomic mass is 9.95. The number of hydrogen-bond donors (Lipinski definition) is 4. The fraction of sp³-hybridized carbons (Fsp3) is 0.370. The third-order valence-corrected chi connectivity index (χ3v) is 5.80. The van der Waals surface area contributed by atoms with Crippen molar-refractivity contribution in [3.05, 3.63) is 52.7 Å². The number of benzene rings is 2. The van der Waals surface area contributed by atoms with Crippen molar-refractivity contribution in [2.45, 2.75) is 26.1 Å². The number of ether oxygens (including phenoxy) is 6. The van der Waals surface area contributed by atoms with Gasteiger partial charge in [0.15, 0.2) is 29.2 Å². The van der Waals surface area contributed by atoms with Crippen LogP contribution in [0.1, 0.15) is 31.0 Å². The molecule has 0 aromatic heterocycles. The first-order chi connectivity index (χ1) is 19.3. The molecule has 40 heavy (non-hydrogen) atoms. The molecule has 3 rings (SSSR count). The molecule has 0 radical (unpaired) electrons. The quantitative estimate of drug-likeness (QED) is 0.124. The molecule has 216 valence electrons. The fourth-order valence-electron chi connectivity index (χ4n) is 4.00. The molecule has 13 heteroatoms. The lowest BCUT2D eigenvalue weighted by molar-refractivity contribution is -0.136. The zero-order valence-corrected chi connectivity index (χ0v) is 23.2. The van der Waals surface area contributed by atoms with Gasteiger partial charge in [0.25, 0.3) is 0 Å². The van der Waals surface area contributed by atoms with E-state index in [-0.39, 0.29) is 12.2 Å². The van der Waals surface area contributed by atoms with E-state index in [0.29, 0.717) is 52.2 Å². The van der Waals surface area contributed by atoms with E-state index in [1.807, 2.05) is 0 Å². The Labute approximate surface area is 232 Å². The summed E-state index contributed by atoms with van der Waals surface area (Å²) in [7, 11) is 5.81. The van der Waals surface area contributed by atoms with E-state index >= 15 is 0 Å². The van der Waals surface area contributed by atoms with Crippen molar-refractivity contribution < 1.29 is 43.1 Å². The fourth-order valence-corrected chi connectivity index (χ4v) is 4.00. The Morgan fingerprint density at radius 3 is 2.35 bits per heavy atom. The van der Waals surface area contributed by atoms with E-state index in [9.17, 15) is 14.7 Å². The zero-order chi connectivity index (χ0) is 29.2. The van der Waals surface area contributed by atoms with Gasteiger partial charge in [-0.3, -0.25) is 5.43 Å². The normalized spacial score (nSPS) is 15.6. The van der Waals surface area contributed by atoms with Crippen LogP contribution in [0.5, 0.6) is 28.7 Å². The van der Waals surface area contributed by atoms with Gasteiger partial charge in [-0.1, -0.05) is 6.07 Å². The number of methoxy groups -OCH3 is 4. The zero-order valence-electron chi connectivity index (χ0n) is 23.2. The Kier molecular flexibility index (Phi) is 10.4. The van der Waals surface area contributed by atoms with Crippen LogP contribution in [0.15, 0.2) is 46.7 Å². The standard InChI is InChI=1S/C27H34N4O9/c1-7-39-19-12-17(24-23(26(33)38-6)15(2)29-27(34)30-24)8-9-18(19)40-14-22(32)31-28-13-16-10-20(35-3)25(37-5)21(11-16)36-4/h8-13,22,24,31-32H,7,14H2,1-6H3,(H2,29,30,34)/b28-13-/t22-,24+/m0/s1. The number of allylic oxidation sites excluding steroid dienone is 1. The summed E-state index contributed by atoms with van der Waals surface area (Å²) >= 11 is 0. The second-order valence-electron chi connectivity index (χ2n) is 8.37. The first-order valence-electron chi connectivity index (χ1n) is 12.3. The number of hydrazone groups is 1. The number of esters is 1. The number of aliphatic hydroxyl groups is 1. The van der Waals surface area contributed by atoms with Gasteiger partial charge in [-0.15, -0.1) is 0 Å². The molecule has 0 fully saturated rings. The van der Waals surface area contributed by atoms with E-state index in [4.69, 9.17) is 28.4 Å². The second-order valence-corrected chi connectivity index (χ2v) is 8.37. The van der Waals surface area contributed by atoms with E-state index in [1.165, 1.54) is 34.7 Å². The van der Waals surface area contributed by atoms with Gasteiger partial charge in [0.05, 0.1) is 52.9 Å². The molecule has 2 amide bonds. The molecule has 2 atom stereocenters. The average molecular weight is 559 g/mol. The molecule has 13 nitrogen and oxygen atoms in total. The topological polar surface area (TPSA) is 158 Å². The van der Waals surface area contributed by atoms with Crippen LogP contribution in [0.3, 0.4) is 0 Å². The monoisotopic (exact) mass is 558 g/mol. The van der Waals surface area contributed by atoms with Crippen molar-refractivity contribution in [2.24, 2.45) is 5.10 Å². The highest BCUT2D eigenvalue weighted by Crippen LogP contribution is 2.38. The van der Waals surface area contributed by atoms with Gasteiger partial charge in [-0.2, -0.15) is 5.10 Å². The van der Waals surface area contributed by atoms with Crippen molar-refractivity contribution in [2.75, 3.05) is 41.7 Å². The summed E-state index contributed by atoms with van der Waals surface area (Å²) in [6.07, 6.45) is 0.322. The number of aliphatic hydroxyl groups excluding tert-OH is 1. The molecule has 0 spiro atoms. The predicted molar refractivity (Wildman–Crippen MR) is 145 cm³/mol. The van der Waals surface area contributed by atoms with Crippen LogP contribution in [0.2, 0.25) is 0 Å². The van der Waals surface area contributed by atoms with Crippen molar-refractivity contribution in [3.63, 3.8) is 0 Å². The van der Waals surface area contributed by atoms with Gasteiger partial charge in [0.2, 0.25) is 5.75 Å². The molecule has 1 aliphatic heterocycles. The Balaban J connectivity index is 1.71. The summed E-state index contributed by atoms with van der Waals surface area (Å²) in [5, 5.41) is 19.7. The molecule has 0 saturated heterocycles. The van der Waals surface area contributed by atoms with Crippen LogP contribution < -0.4 is 39.7 Å². The minimum absolute atomic E-state index is 0.164. The summed E-state index contributed by atoms with van der Waals surface area (Å²) in [6, 6.07) is 7.18. The van der Waals surface area contributed by atoms with Gasteiger partial charge in [0, 0.05) is 11.3 Å². The van der Waals surface area contributed by atoms with Gasteiger partial charge in [0.1, 0.15) is 6.61 Å². The van der Waals surface area contributed by atoms with Crippen LogP contribution in [0.4, 0.5) is 4.79 Å². The van der Waals surface area contributed by atoms with Crippen LogP contribution in [0.25, 0.3) is 0 Å². The molecular formula is C27H34N4O9. The number of carbonyl (C=O) groups excluding carboxylic acids is 2. The largest absolute Gasteiger partial charge is 0.493 e. The van der Waals surface area contributed by atoms with Gasteiger partial charge < -0.3 is 44.2 Å². The Morgan fingerprint density at radius 2 is 1.75 bits per heavy atom. The van der Waals surface area contributed by atoms with Crippen molar-refractivity contribution in [1.29, 1.82) is 0 Å². The molecule has 4 N–H and O–H groups in total. The molecule has 2 aromatic rings. The van der Waals surface area contributed by atoms with E-state index in [1.54, 1.807) is 44.2 Å². The molecule has 2 aromatic carbocycles. The number of carbonyl (C=O) groups is 2. The van der Waals surface area contributed by atoms with Crippen LogP contribution in [0, 0.1) is 0 Å². The number of nitrogens with one attached hydrogen (secondary N) is 3. The molecule has 0 unspecified atom stereocenters. The van der Waals surface area contributed by atoms with E-state index in [2.05, 4.69) is 21.2 Å². The highest BCUT2D eigenvalue weighted by atomic mass is 16.5. The van der Waals surface area contributed by atoms with Crippen molar-refractivity contribution in [3.8, 4) is 28.7 Å². The predicted octanol–water partition coefficient (Wildman–Crippen LogP) is 2.23. The summed E-state index contributed by atoms with van der Waals surface area (Å²) in [6.45, 7) is 3.60.